The summed E-state index contributed by atoms with van der Waals surface area (Å²) in [5.74, 6) is 0.588. The lowest BCUT2D eigenvalue weighted by Gasteiger charge is -2.09. The van der Waals surface area contributed by atoms with E-state index in [4.69, 9.17) is 22.1 Å². The molecule has 0 aliphatic heterocycles. The summed E-state index contributed by atoms with van der Waals surface area (Å²) in [6.07, 6.45) is 1.63. The van der Waals surface area contributed by atoms with E-state index in [0.29, 0.717) is 17.2 Å². The van der Waals surface area contributed by atoms with Gasteiger partial charge in [-0.25, -0.2) is 4.39 Å². The number of aromatic nitrogens is 1. The van der Waals surface area contributed by atoms with E-state index in [1.807, 2.05) is 6.07 Å². The van der Waals surface area contributed by atoms with Gasteiger partial charge in [-0.2, -0.15) is 0 Å². The number of pyridine rings is 1. The summed E-state index contributed by atoms with van der Waals surface area (Å²) in [6, 6.07) is 11.3. The largest absolute Gasteiger partial charge is 0.457 e. The fourth-order valence-electron chi connectivity index (χ4n) is 1.90. The number of benzene rings is 2. The summed E-state index contributed by atoms with van der Waals surface area (Å²) in [6.45, 7) is 0. The van der Waals surface area contributed by atoms with Gasteiger partial charge in [0.15, 0.2) is 0 Å². The normalized spacial score (nSPS) is 10.7. The van der Waals surface area contributed by atoms with Crippen LogP contribution in [0.25, 0.3) is 10.9 Å². The van der Waals surface area contributed by atoms with Crippen LogP contribution in [0.2, 0.25) is 5.02 Å². The van der Waals surface area contributed by atoms with Gasteiger partial charge < -0.3 is 10.5 Å². The molecule has 3 nitrogen and oxygen atoms in total. The molecule has 0 unspecified atom stereocenters. The molecule has 0 atom stereocenters. The molecule has 0 saturated heterocycles. The van der Waals surface area contributed by atoms with Crippen molar-refractivity contribution in [3.8, 4) is 11.5 Å². The van der Waals surface area contributed by atoms with Crippen LogP contribution in [0.4, 0.5) is 10.1 Å². The van der Waals surface area contributed by atoms with Crippen molar-refractivity contribution in [2.75, 3.05) is 5.73 Å². The highest BCUT2D eigenvalue weighted by molar-refractivity contribution is 6.30. The Kier molecular flexibility index (Phi) is 3.16. The first-order valence-corrected chi connectivity index (χ1v) is 6.28. The lowest BCUT2D eigenvalue weighted by molar-refractivity contribution is 0.486. The zero-order valence-electron chi connectivity index (χ0n) is 10.3. The van der Waals surface area contributed by atoms with Gasteiger partial charge in [0.1, 0.15) is 17.3 Å². The molecule has 0 radical (unpaired) electrons. The van der Waals surface area contributed by atoms with Gasteiger partial charge in [-0.1, -0.05) is 11.6 Å². The molecule has 2 aromatic carbocycles. The predicted molar refractivity (Wildman–Crippen MR) is 77.6 cm³/mol. The minimum Gasteiger partial charge on any atom is -0.457 e. The average Bonchev–Trinajstić information content (AvgIpc) is 2.43. The van der Waals surface area contributed by atoms with E-state index in [1.165, 1.54) is 18.2 Å². The number of halogens is 2. The Bertz CT molecular complexity index is 792. The van der Waals surface area contributed by atoms with Gasteiger partial charge in [-0.3, -0.25) is 4.98 Å². The highest BCUT2D eigenvalue weighted by atomic mass is 35.5. The minimum atomic E-state index is -0.480. The first kappa shape index (κ1) is 12.7. The Morgan fingerprint density at radius 3 is 2.75 bits per heavy atom. The van der Waals surface area contributed by atoms with Gasteiger partial charge in [0.05, 0.1) is 10.5 Å². The Balaban J connectivity index is 2.04. The van der Waals surface area contributed by atoms with E-state index in [0.717, 1.165) is 10.9 Å². The van der Waals surface area contributed by atoms with E-state index in [-0.39, 0.29) is 5.02 Å². The number of nitrogens with zero attached hydrogens (tertiary/aromatic N) is 1. The lowest BCUT2D eigenvalue weighted by Crippen LogP contribution is -1.90. The second-order valence-electron chi connectivity index (χ2n) is 4.26. The van der Waals surface area contributed by atoms with Gasteiger partial charge in [-0.05, 0) is 36.4 Å². The molecule has 0 spiro atoms. The molecule has 3 aromatic rings. The molecule has 20 heavy (non-hydrogen) atoms. The van der Waals surface area contributed by atoms with E-state index in [2.05, 4.69) is 4.98 Å². The Labute approximate surface area is 119 Å². The number of nitrogens with two attached hydrogens (primary N) is 1. The Morgan fingerprint density at radius 1 is 1.10 bits per heavy atom. The summed E-state index contributed by atoms with van der Waals surface area (Å²) in [5, 5.41) is 0.840. The second-order valence-corrected chi connectivity index (χ2v) is 4.67. The molecule has 0 aliphatic rings. The van der Waals surface area contributed by atoms with E-state index < -0.39 is 5.82 Å². The molecule has 0 bridgehead atoms. The fourth-order valence-corrected chi connectivity index (χ4v) is 2.07. The molecule has 2 N–H and O–H groups in total. The molecule has 3 rings (SSSR count). The molecular weight excluding hydrogens is 279 g/mol. The third-order valence-electron chi connectivity index (χ3n) is 2.85. The van der Waals surface area contributed by atoms with Gasteiger partial charge in [-0.15, -0.1) is 0 Å². The second kappa shape index (κ2) is 4.98. The SMILES string of the molecule is Nc1ccc2c(Oc3ccc(F)c(Cl)c3)ccnc2c1. The zero-order valence-corrected chi connectivity index (χ0v) is 11.1. The van der Waals surface area contributed by atoms with Crippen LogP contribution in [0, 0.1) is 5.82 Å². The number of nitrogen functional groups attached to an aromatic ring is 1. The van der Waals surface area contributed by atoms with Gasteiger partial charge >= 0.3 is 0 Å². The number of fused-ring (bicyclic) bond motifs is 1. The third kappa shape index (κ3) is 2.38. The smallest absolute Gasteiger partial charge is 0.142 e. The van der Waals surface area contributed by atoms with E-state index in [9.17, 15) is 4.39 Å². The minimum absolute atomic E-state index is 0.0186. The van der Waals surface area contributed by atoms with Crippen LogP contribution in [0.15, 0.2) is 48.7 Å². The molecule has 0 aliphatic carbocycles. The summed E-state index contributed by atoms with van der Waals surface area (Å²) in [4.78, 5) is 4.23. The van der Waals surface area contributed by atoms with Crippen LogP contribution in [0.1, 0.15) is 0 Å². The number of hydrogen-bond acceptors (Lipinski definition) is 3. The van der Waals surface area contributed by atoms with Crippen molar-refractivity contribution in [2.45, 2.75) is 0 Å². The summed E-state index contributed by atoms with van der Waals surface area (Å²) < 4.78 is 18.9. The zero-order chi connectivity index (χ0) is 14.1. The summed E-state index contributed by atoms with van der Waals surface area (Å²) in [5.41, 5.74) is 7.09. The molecular formula is C15H10ClFN2O. The van der Waals surface area contributed by atoms with Crippen molar-refractivity contribution >= 4 is 28.2 Å². The molecule has 1 aromatic heterocycles. The van der Waals surface area contributed by atoms with E-state index >= 15 is 0 Å². The quantitative estimate of drug-likeness (QED) is 0.711. The predicted octanol–water partition coefficient (Wildman–Crippen LogP) is 4.40. The standard InChI is InChI=1S/C15H10ClFN2O/c16-12-8-10(2-4-13(12)17)20-15-5-6-19-14-7-9(18)1-3-11(14)15/h1-8H,18H2. The van der Waals surface area contributed by atoms with Gasteiger partial charge in [0.25, 0.3) is 0 Å². The van der Waals surface area contributed by atoms with Crippen LogP contribution >= 0.6 is 11.6 Å². The van der Waals surface area contributed by atoms with Gasteiger partial charge in [0.2, 0.25) is 0 Å². The summed E-state index contributed by atoms with van der Waals surface area (Å²) >= 11 is 5.74. The maximum Gasteiger partial charge on any atom is 0.142 e. The number of ether oxygens (including phenoxy) is 1. The van der Waals surface area contributed by atoms with Gasteiger partial charge in [0, 0.05) is 23.3 Å². The molecule has 5 heteroatoms. The number of rotatable bonds is 2. The van der Waals surface area contributed by atoms with Crippen molar-refractivity contribution in [1.82, 2.24) is 4.98 Å². The first-order chi connectivity index (χ1) is 9.63. The summed E-state index contributed by atoms with van der Waals surface area (Å²) in [7, 11) is 0. The van der Waals surface area contributed by atoms with E-state index in [1.54, 1.807) is 24.4 Å². The fraction of sp³-hybridized carbons (Fsp3) is 0. The Hall–Kier alpha value is -2.33. The van der Waals surface area contributed by atoms with Crippen LogP contribution in [-0.4, -0.2) is 4.98 Å². The van der Waals surface area contributed by atoms with Crippen molar-refractivity contribution in [1.29, 1.82) is 0 Å². The molecule has 0 saturated carbocycles. The van der Waals surface area contributed by atoms with Crippen LogP contribution < -0.4 is 10.5 Å². The maximum absolute atomic E-state index is 13.1. The lowest BCUT2D eigenvalue weighted by atomic mass is 10.2. The first-order valence-electron chi connectivity index (χ1n) is 5.90. The average molecular weight is 289 g/mol. The molecule has 100 valence electrons. The van der Waals surface area contributed by atoms with Crippen LogP contribution in [0.3, 0.4) is 0 Å². The van der Waals surface area contributed by atoms with Crippen molar-refractivity contribution in [3.05, 3.63) is 59.5 Å². The molecule has 1 heterocycles. The highest BCUT2D eigenvalue weighted by Crippen LogP contribution is 2.31. The Morgan fingerprint density at radius 2 is 1.95 bits per heavy atom. The monoisotopic (exact) mass is 288 g/mol. The third-order valence-corrected chi connectivity index (χ3v) is 3.14. The maximum atomic E-state index is 13.1. The van der Waals surface area contributed by atoms with Crippen molar-refractivity contribution in [3.63, 3.8) is 0 Å². The number of anilines is 1. The topological polar surface area (TPSA) is 48.1 Å². The van der Waals surface area contributed by atoms with Crippen molar-refractivity contribution in [2.24, 2.45) is 0 Å². The highest BCUT2D eigenvalue weighted by Gasteiger charge is 2.07. The van der Waals surface area contributed by atoms with Crippen molar-refractivity contribution < 1.29 is 9.13 Å². The number of hydrogen-bond donors (Lipinski definition) is 1. The molecule has 0 amide bonds. The van der Waals surface area contributed by atoms with Crippen LogP contribution in [0.5, 0.6) is 11.5 Å². The van der Waals surface area contributed by atoms with Crippen LogP contribution in [-0.2, 0) is 0 Å². The molecule has 0 fully saturated rings.